The summed E-state index contributed by atoms with van der Waals surface area (Å²) in [4.78, 5) is 11.9. The van der Waals surface area contributed by atoms with E-state index in [-0.39, 0.29) is 5.91 Å². The van der Waals surface area contributed by atoms with Crippen LogP contribution in [0.5, 0.6) is 0 Å². The van der Waals surface area contributed by atoms with Crippen molar-refractivity contribution in [1.82, 2.24) is 5.32 Å². The molecule has 1 aromatic rings. The van der Waals surface area contributed by atoms with Crippen molar-refractivity contribution in [2.75, 3.05) is 19.8 Å². The molecule has 1 aliphatic heterocycles. The van der Waals surface area contributed by atoms with Crippen molar-refractivity contribution in [3.05, 3.63) is 35.9 Å². The van der Waals surface area contributed by atoms with Crippen molar-refractivity contribution in [2.24, 2.45) is 11.7 Å². The van der Waals surface area contributed by atoms with Gasteiger partial charge in [-0.05, 0) is 30.7 Å². The summed E-state index contributed by atoms with van der Waals surface area (Å²) in [5.74, 6) is 0.469. The van der Waals surface area contributed by atoms with E-state index in [0.29, 0.717) is 18.9 Å². The Balaban J connectivity index is 1.73. The van der Waals surface area contributed by atoms with Crippen molar-refractivity contribution in [2.45, 2.75) is 25.3 Å². The summed E-state index contributed by atoms with van der Waals surface area (Å²) in [6.45, 7) is 2.32. The van der Waals surface area contributed by atoms with Crippen LogP contribution in [0.1, 0.15) is 18.4 Å². The number of hydrogen-bond donors (Lipinski definition) is 2. The van der Waals surface area contributed by atoms with Gasteiger partial charge in [0, 0.05) is 19.8 Å². The van der Waals surface area contributed by atoms with Gasteiger partial charge in [-0.25, -0.2) is 0 Å². The summed E-state index contributed by atoms with van der Waals surface area (Å²) < 4.78 is 5.30. The minimum Gasteiger partial charge on any atom is -0.381 e. The maximum absolute atomic E-state index is 11.9. The van der Waals surface area contributed by atoms with E-state index in [1.54, 1.807) is 0 Å². The van der Waals surface area contributed by atoms with E-state index in [0.717, 1.165) is 31.6 Å². The van der Waals surface area contributed by atoms with Crippen LogP contribution >= 0.6 is 0 Å². The second kappa shape index (κ2) is 7.26. The third kappa shape index (κ3) is 4.65. The van der Waals surface area contributed by atoms with E-state index in [9.17, 15) is 4.79 Å². The Bertz CT molecular complexity index is 388. The van der Waals surface area contributed by atoms with Gasteiger partial charge in [0.2, 0.25) is 5.91 Å². The molecular formula is C15H22N2O2. The van der Waals surface area contributed by atoms with E-state index in [1.807, 2.05) is 30.3 Å². The second-order valence-electron chi connectivity index (χ2n) is 5.10. The lowest BCUT2D eigenvalue weighted by Crippen LogP contribution is -2.44. The molecule has 0 bridgehead atoms. The third-order valence-electron chi connectivity index (χ3n) is 3.54. The summed E-state index contributed by atoms with van der Waals surface area (Å²) in [7, 11) is 0. The fourth-order valence-corrected chi connectivity index (χ4v) is 2.29. The van der Waals surface area contributed by atoms with Gasteiger partial charge in [0.25, 0.3) is 0 Å². The molecule has 1 aliphatic rings. The fourth-order valence-electron chi connectivity index (χ4n) is 2.29. The molecular weight excluding hydrogens is 240 g/mol. The second-order valence-corrected chi connectivity index (χ2v) is 5.10. The van der Waals surface area contributed by atoms with Gasteiger partial charge in [0.1, 0.15) is 0 Å². The zero-order valence-electron chi connectivity index (χ0n) is 11.2. The van der Waals surface area contributed by atoms with Gasteiger partial charge < -0.3 is 15.8 Å². The fraction of sp³-hybridized carbons (Fsp3) is 0.533. The minimum atomic E-state index is -0.470. The lowest BCUT2D eigenvalue weighted by molar-refractivity contribution is -0.122. The van der Waals surface area contributed by atoms with E-state index in [4.69, 9.17) is 10.5 Å². The lowest BCUT2D eigenvalue weighted by Gasteiger charge is -2.23. The SMILES string of the molecule is N[C@@H](Cc1ccccc1)C(=O)NCC1CCOCC1. The number of ether oxygens (including phenoxy) is 1. The Labute approximate surface area is 114 Å². The number of benzene rings is 1. The predicted octanol–water partition coefficient (Wildman–Crippen LogP) is 1.10. The average molecular weight is 262 g/mol. The molecule has 1 amide bonds. The molecule has 0 saturated carbocycles. The molecule has 1 atom stereocenters. The molecule has 0 aromatic heterocycles. The van der Waals surface area contributed by atoms with Crippen LogP contribution in [0.3, 0.4) is 0 Å². The molecule has 1 heterocycles. The molecule has 1 aromatic carbocycles. The van der Waals surface area contributed by atoms with Crippen LogP contribution in [-0.2, 0) is 16.0 Å². The van der Waals surface area contributed by atoms with Gasteiger partial charge in [0.15, 0.2) is 0 Å². The summed E-state index contributed by atoms with van der Waals surface area (Å²) >= 11 is 0. The number of carbonyl (C=O) groups is 1. The molecule has 0 spiro atoms. The number of rotatable bonds is 5. The first-order valence-electron chi connectivity index (χ1n) is 6.90. The summed E-state index contributed by atoms with van der Waals surface area (Å²) in [6.07, 6.45) is 2.63. The molecule has 0 aliphatic carbocycles. The van der Waals surface area contributed by atoms with Gasteiger partial charge in [0.05, 0.1) is 6.04 Å². The van der Waals surface area contributed by atoms with Crippen molar-refractivity contribution < 1.29 is 9.53 Å². The maximum Gasteiger partial charge on any atom is 0.237 e. The van der Waals surface area contributed by atoms with Crippen LogP contribution in [0.15, 0.2) is 30.3 Å². The topological polar surface area (TPSA) is 64.4 Å². The normalized spacial score (nSPS) is 17.9. The van der Waals surface area contributed by atoms with Crippen LogP contribution in [0.2, 0.25) is 0 Å². The summed E-state index contributed by atoms with van der Waals surface area (Å²) in [6, 6.07) is 9.39. The lowest BCUT2D eigenvalue weighted by atomic mass is 10.00. The monoisotopic (exact) mass is 262 g/mol. The zero-order valence-corrected chi connectivity index (χ0v) is 11.2. The number of amides is 1. The molecule has 19 heavy (non-hydrogen) atoms. The molecule has 4 nitrogen and oxygen atoms in total. The Morgan fingerprint density at radius 1 is 1.32 bits per heavy atom. The van der Waals surface area contributed by atoms with Crippen molar-refractivity contribution in [3.63, 3.8) is 0 Å². The van der Waals surface area contributed by atoms with Gasteiger partial charge in [-0.3, -0.25) is 4.79 Å². The van der Waals surface area contributed by atoms with Gasteiger partial charge in [-0.15, -0.1) is 0 Å². The zero-order chi connectivity index (χ0) is 13.5. The maximum atomic E-state index is 11.9. The summed E-state index contributed by atoms with van der Waals surface area (Å²) in [5, 5.41) is 2.95. The van der Waals surface area contributed by atoms with E-state index >= 15 is 0 Å². The number of carbonyl (C=O) groups excluding carboxylic acids is 1. The average Bonchev–Trinajstić information content (AvgIpc) is 2.47. The Hall–Kier alpha value is -1.39. The van der Waals surface area contributed by atoms with E-state index in [2.05, 4.69) is 5.32 Å². The summed E-state index contributed by atoms with van der Waals surface area (Å²) in [5.41, 5.74) is 7.02. The first-order chi connectivity index (χ1) is 9.25. The molecule has 0 unspecified atom stereocenters. The van der Waals surface area contributed by atoms with Crippen molar-refractivity contribution in [1.29, 1.82) is 0 Å². The highest BCUT2D eigenvalue weighted by molar-refractivity contribution is 5.81. The van der Waals surface area contributed by atoms with Crippen LogP contribution in [0, 0.1) is 5.92 Å². The Morgan fingerprint density at radius 2 is 2.00 bits per heavy atom. The Kier molecular flexibility index (Phi) is 5.36. The highest BCUT2D eigenvalue weighted by atomic mass is 16.5. The largest absolute Gasteiger partial charge is 0.381 e. The molecule has 104 valence electrons. The van der Waals surface area contributed by atoms with Crippen molar-refractivity contribution in [3.8, 4) is 0 Å². The highest BCUT2D eigenvalue weighted by Gasteiger charge is 2.17. The molecule has 4 heteroatoms. The number of nitrogens with one attached hydrogen (secondary N) is 1. The number of hydrogen-bond acceptors (Lipinski definition) is 3. The predicted molar refractivity (Wildman–Crippen MR) is 74.7 cm³/mol. The minimum absolute atomic E-state index is 0.0599. The van der Waals surface area contributed by atoms with Gasteiger partial charge in [-0.2, -0.15) is 0 Å². The van der Waals surface area contributed by atoms with Crippen LogP contribution in [0.4, 0.5) is 0 Å². The molecule has 0 radical (unpaired) electrons. The van der Waals surface area contributed by atoms with Crippen LogP contribution in [0.25, 0.3) is 0 Å². The number of nitrogens with two attached hydrogens (primary N) is 1. The standard InChI is InChI=1S/C15H22N2O2/c16-14(10-12-4-2-1-3-5-12)15(18)17-11-13-6-8-19-9-7-13/h1-5,13-14H,6-11,16H2,(H,17,18)/t14-/m0/s1. The molecule has 1 saturated heterocycles. The van der Waals surface area contributed by atoms with Crippen molar-refractivity contribution >= 4 is 5.91 Å². The quantitative estimate of drug-likeness (QED) is 0.835. The molecule has 1 fully saturated rings. The van der Waals surface area contributed by atoms with Crippen LogP contribution < -0.4 is 11.1 Å². The van der Waals surface area contributed by atoms with Gasteiger partial charge >= 0.3 is 0 Å². The van der Waals surface area contributed by atoms with Gasteiger partial charge in [-0.1, -0.05) is 30.3 Å². The highest BCUT2D eigenvalue weighted by Crippen LogP contribution is 2.13. The van der Waals surface area contributed by atoms with Crippen LogP contribution in [-0.4, -0.2) is 31.7 Å². The molecule has 3 N–H and O–H groups in total. The smallest absolute Gasteiger partial charge is 0.237 e. The van der Waals surface area contributed by atoms with E-state index < -0.39 is 6.04 Å². The first-order valence-corrected chi connectivity index (χ1v) is 6.90. The first kappa shape index (κ1) is 14.0. The Morgan fingerprint density at radius 3 is 2.68 bits per heavy atom. The van der Waals surface area contributed by atoms with E-state index in [1.165, 1.54) is 0 Å². The molecule has 2 rings (SSSR count). The third-order valence-corrected chi connectivity index (χ3v) is 3.54.